The van der Waals surface area contributed by atoms with Gasteiger partial charge in [0, 0.05) is 19.1 Å². The molecule has 2 atom stereocenters. The van der Waals surface area contributed by atoms with E-state index in [1.54, 1.807) is 0 Å². The second-order valence-electron chi connectivity index (χ2n) is 6.55. The van der Waals surface area contributed by atoms with Gasteiger partial charge in [-0.2, -0.15) is 0 Å². The fourth-order valence-electron chi connectivity index (χ4n) is 4.24. The molecule has 104 valence electrons. The van der Waals surface area contributed by atoms with Crippen LogP contribution in [-0.4, -0.2) is 42.3 Å². The monoisotopic (exact) mass is 252 g/mol. The summed E-state index contributed by atoms with van der Waals surface area (Å²) in [6.45, 7) is 3.18. The van der Waals surface area contributed by atoms with E-state index in [9.17, 15) is 0 Å². The molecule has 0 bridgehead atoms. The average molecular weight is 252 g/mol. The van der Waals surface area contributed by atoms with E-state index in [-0.39, 0.29) is 0 Å². The Kier molecular flexibility index (Phi) is 3.92. The molecule has 1 spiro atoms. The van der Waals surface area contributed by atoms with Crippen LogP contribution in [0, 0.1) is 0 Å². The molecule has 3 rings (SSSR count). The Labute approximate surface area is 111 Å². The zero-order chi connectivity index (χ0) is 12.4. The van der Waals surface area contributed by atoms with Gasteiger partial charge in [0.2, 0.25) is 0 Å². The van der Waals surface area contributed by atoms with Crippen molar-refractivity contribution in [2.45, 2.75) is 75.5 Å². The van der Waals surface area contributed by atoms with Gasteiger partial charge in [-0.25, -0.2) is 0 Å². The molecular weight excluding hydrogens is 224 g/mol. The van der Waals surface area contributed by atoms with E-state index in [4.69, 9.17) is 10.5 Å². The van der Waals surface area contributed by atoms with Gasteiger partial charge in [0.25, 0.3) is 0 Å². The van der Waals surface area contributed by atoms with Gasteiger partial charge >= 0.3 is 0 Å². The SMILES string of the molecule is NCC1CCCCN1CC1CCC2(CCCC2)O1. The normalized spacial score (nSPS) is 36.5. The van der Waals surface area contributed by atoms with Gasteiger partial charge in [0.15, 0.2) is 0 Å². The molecule has 3 nitrogen and oxygen atoms in total. The average Bonchev–Trinajstić information content (AvgIpc) is 3.01. The summed E-state index contributed by atoms with van der Waals surface area (Å²) in [5.41, 5.74) is 6.19. The van der Waals surface area contributed by atoms with Crippen molar-refractivity contribution in [3.8, 4) is 0 Å². The third-order valence-corrected chi connectivity index (χ3v) is 5.31. The Balaban J connectivity index is 1.53. The van der Waals surface area contributed by atoms with Crippen LogP contribution in [0.2, 0.25) is 0 Å². The van der Waals surface area contributed by atoms with Crippen LogP contribution in [-0.2, 0) is 4.74 Å². The summed E-state index contributed by atoms with van der Waals surface area (Å²) >= 11 is 0. The lowest BCUT2D eigenvalue weighted by Gasteiger charge is -2.37. The first-order chi connectivity index (χ1) is 8.81. The van der Waals surface area contributed by atoms with E-state index in [0.29, 0.717) is 17.7 Å². The molecule has 2 saturated heterocycles. The van der Waals surface area contributed by atoms with Crippen LogP contribution in [0.15, 0.2) is 0 Å². The number of likely N-dealkylation sites (tertiary alicyclic amines) is 1. The Morgan fingerprint density at radius 1 is 1.06 bits per heavy atom. The highest BCUT2D eigenvalue weighted by Gasteiger charge is 2.42. The summed E-state index contributed by atoms with van der Waals surface area (Å²) in [4.78, 5) is 2.60. The van der Waals surface area contributed by atoms with Crippen molar-refractivity contribution < 1.29 is 4.74 Å². The topological polar surface area (TPSA) is 38.5 Å². The molecule has 2 unspecified atom stereocenters. The molecule has 0 amide bonds. The van der Waals surface area contributed by atoms with Gasteiger partial charge in [-0.1, -0.05) is 19.3 Å². The van der Waals surface area contributed by atoms with Gasteiger partial charge in [-0.15, -0.1) is 0 Å². The predicted octanol–water partition coefficient (Wildman–Crippen LogP) is 2.29. The molecule has 2 heterocycles. The van der Waals surface area contributed by atoms with Crippen molar-refractivity contribution >= 4 is 0 Å². The van der Waals surface area contributed by atoms with Gasteiger partial charge in [0.05, 0.1) is 11.7 Å². The first-order valence-electron chi connectivity index (χ1n) is 7.93. The van der Waals surface area contributed by atoms with E-state index >= 15 is 0 Å². The summed E-state index contributed by atoms with van der Waals surface area (Å²) in [5, 5.41) is 0. The van der Waals surface area contributed by atoms with Crippen LogP contribution in [0.1, 0.15) is 57.8 Å². The first-order valence-corrected chi connectivity index (χ1v) is 7.93. The van der Waals surface area contributed by atoms with Crippen LogP contribution >= 0.6 is 0 Å². The Hall–Kier alpha value is -0.120. The predicted molar refractivity (Wildman–Crippen MR) is 73.6 cm³/mol. The summed E-state index contributed by atoms with van der Waals surface area (Å²) in [5.74, 6) is 0. The number of hydrogen-bond donors (Lipinski definition) is 1. The van der Waals surface area contributed by atoms with Crippen molar-refractivity contribution in [1.82, 2.24) is 4.90 Å². The second kappa shape index (κ2) is 5.48. The third kappa shape index (κ3) is 2.59. The molecule has 0 aromatic rings. The van der Waals surface area contributed by atoms with Crippen molar-refractivity contribution in [2.75, 3.05) is 19.6 Å². The van der Waals surface area contributed by atoms with Gasteiger partial charge in [-0.3, -0.25) is 4.90 Å². The molecule has 0 aromatic heterocycles. The Bertz CT molecular complexity index is 276. The first kappa shape index (κ1) is 12.9. The minimum Gasteiger partial charge on any atom is -0.370 e. The smallest absolute Gasteiger partial charge is 0.0710 e. The van der Waals surface area contributed by atoms with E-state index in [1.165, 1.54) is 64.3 Å². The molecule has 2 aliphatic heterocycles. The number of piperidine rings is 1. The summed E-state index contributed by atoms with van der Waals surface area (Å²) < 4.78 is 6.42. The lowest BCUT2D eigenvalue weighted by atomic mass is 9.98. The number of ether oxygens (including phenoxy) is 1. The molecule has 0 radical (unpaired) electrons. The number of nitrogens with zero attached hydrogens (tertiary/aromatic N) is 1. The van der Waals surface area contributed by atoms with Gasteiger partial charge in [-0.05, 0) is 45.1 Å². The highest BCUT2D eigenvalue weighted by Crippen LogP contribution is 2.43. The van der Waals surface area contributed by atoms with Crippen LogP contribution in [0.4, 0.5) is 0 Å². The Morgan fingerprint density at radius 2 is 1.89 bits per heavy atom. The quantitative estimate of drug-likeness (QED) is 0.837. The zero-order valence-corrected chi connectivity index (χ0v) is 11.6. The highest BCUT2D eigenvalue weighted by atomic mass is 16.5. The molecule has 3 heteroatoms. The molecule has 1 saturated carbocycles. The fourth-order valence-corrected chi connectivity index (χ4v) is 4.24. The zero-order valence-electron chi connectivity index (χ0n) is 11.6. The van der Waals surface area contributed by atoms with Crippen molar-refractivity contribution in [1.29, 1.82) is 0 Å². The number of hydrogen-bond acceptors (Lipinski definition) is 3. The van der Waals surface area contributed by atoms with Crippen molar-refractivity contribution in [2.24, 2.45) is 5.73 Å². The van der Waals surface area contributed by atoms with Crippen LogP contribution in [0.3, 0.4) is 0 Å². The Morgan fingerprint density at radius 3 is 2.67 bits per heavy atom. The standard InChI is InChI=1S/C15H28N2O/c16-11-13-5-1-4-10-17(13)12-14-6-9-15(18-14)7-2-3-8-15/h13-14H,1-12,16H2. The molecular formula is C15H28N2O. The molecule has 18 heavy (non-hydrogen) atoms. The lowest BCUT2D eigenvalue weighted by molar-refractivity contribution is -0.0535. The molecule has 3 fully saturated rings. The maximum absolute atomic E-state index is 6.42. The summed E-state index contributed by atoms with van der Waals surface area (Å²) in [6, 6.07) is 0.613. The second-order valence-corrected chi connectivity index (χ2v) is 6.55. The number of rotatable bonds is 3. The molecule has 1 aliphatic carbocycles. The molecule has 2 N–H and O–H groups in total. The van der Waals surface area contributed by atoms with Crippen molar-refractivity contribution in [3.05, 3.63) is 0 Å². The van der Waals surface area contributed by atoms with Crippen molar-refractivity contribution in [3.63, 3.8) is 0 Å². The fraction of sp³-hybridized carbons (Fsp3) is 1.00. The third-order valence-electron chi connectivity index (χ3n) is 5.31. The summed E-state index contributed by atoms with van der Waals surface area (Å²) in [7, 11) is 0. The van der Waals surface area contributed by atoms with Crippen LogP contribution in [0.25, 0.3) is 0 Å². The van der Waals surface area contributed by atoms with Gasteiger partial charge in [0.1, 0.15) is 0 Å². The lowest BCUT2D eigenvalue weighted by Crippen LogP contribution is -2.47. The largest absolute Gasteiger partial charge is 0.370 e. The van der Waals surface area contributed by atoms with E-state index < -0.39 is 0 Å². The van der Waals surface area contributed by atoms with E-state index in [1.807, 2.05) is 0 Å². The van der Waals surface area contributed by atoms with Crippen LogP contribution in [0.5, 0.6) is 0 Å². The maximum Gasteiger partial charge on any atom is 0.0710 e. The number of nitrogens with two attached hydrogens (primary N) is 1. The van der Waals surface area contributed by atoms with E-state index in [2.05, 4.69) is 4.90 Å². The highest BCUT2D eigenvalue weighted by molar-refractivity contribution is 4.94. The minimum absolute atomic E-state index is 0.290. The van der Waals surface area contributed by atoms with E-state index in [0.717, 1.165) is 13.1 Å². The molecule has 3 aliphatic rings. The maximum atomic E-state index is 6.42. The van der Waals surface area contributed by atoms with Gasteiger partial charge < -0.3 is 10.5 Å². The summed E-state index contributed by atoms with van der Waals surface area (Å²) in [6.07, 6.45) is 12.4. The van der Waals surface area contributed by atoms with Crippen LogP contribution < -0.4 is 5.73 Å². The minimum atomic E-state index is 0.290. The molecule has 0 aromatic carbocycles.